The summed E-state index contributed by atoms with van der Waals surface area (Å²) in [6, 6.07) is 49.8. The molecule has 0 N–H and O–H groups in total. The van der Waals surface area contributed by atoms with Gasteiger partial charge in [0.15, 0.2) is 0 Å². The monoisotopic (exact) mass is 637 g/mol. The largest absolute Gasteiger partial charge is 0.456 e. The molecule has 7 aromatic carbocycles. The van der Waals surface area contributed by atoms with Crippen LogP contribution in [-0.4, -0.2) is 15.0 Å². The lowest BCUT2D eigenvalue weighted by Gasteiger charge is -2.10. The van der Waals surface area contributed by atoms with Gasteiger partial charge in [-0.05, 0) is 116 Å². The van der Waals surface area contributed by atoms with Gasteiger partial charge in [0.25, 0.3) is 0 Å². The highest BCUT2D eigenvalue weighted by molar-refractivity contribution is 6.28. The quantitative estimate of drug-likeness (QED) is 0.181. The van der Waals surface area contributed by atoms with Gasteiger partial charge in [0.2, 0.25) is 0 Å². The number of nitrogens with zero attached hydrogens (tertiary/aromatic N) is 3. The van der Waals surface area contributed by atoms with Crippen LogP contribution in [0.4, 0.5) is 0 Å². The van der Waals surface area contributed by atoms with Crippen molar-refractivity contribution in [1.29, 1.82) is 0 Å². The summed E-state index contributed by atoms with van der Waals surface area (Å²) in [6.45, 7) is 0. The van der Waals surface area contributed by atoms with Crippen molar-refractivity contribution < 1.29 is 4.42 Å². The standard InChI is InChI=1S/C46H27N3O/c1-3-9-34-32(7-1)33-8-2-4-10-35(33)40-24-46-41(23-39(34)40)36-17-16-31(22-45(36)50-46)44-25-43(48-26-49-44)30-15-13-28-19-27-12-14-29(20-37(27)38(28)21-30)42-11-5-6-18-47-42/h1-18,20-26H,19H2. The van der Waals surface area contributed by atoms with Gasteiger partial charge in [-0.3, -0.25) is 4.98 Å². The zero-order chi connectivity index (χ0) is 32.8. The maximum absolute atomic E-state index is 6.58. The van der Waals surface area contributed by atoms with Gasteiger partial charge in [-0.25, -0.2) is 9.97 Å². The zero-order valence-corrected chi connectivity index (χ0v) is 26.9. The maximum Gasteiger partial charge on any atom is 0.136 e. The number of hydrogen-bond donors (Lipinski definition) is 0. The van der Waals surface area contributed by atoms with Crippen LogP contribution >= 0.6 is 0 Å². The Bertz CT molecular complexity index is 3010. The van der Waals surface area contributed by atoms with E-state index in [1.807, 2.05) is 18.3 Å². The first kappa shape index (κ1) is 27.3. The van der Waals surface area contributed by atoms with Crippen LogP contribution in [0, 0.1) is 0 Å². The van der Waals surface area contributed by atoms with Crippen molar-refractivity contribution in [2.24, 2.45) is 0 Å². The minimum atomic E-state index is 0.847. The average molecular weight is 638 g/mol. The fourth-order valence-corrected chi connectivity index (χ4v) is 8.03. The summed E-state index contributed by atoms with van der Waals surface area (Å²) in [7, 11) is 0. The molecule has 10 aromatic rings. The highest BCUT2D eigenvalue weighted by atomic mass is 16.3. The fraction of sp³-hybridized carbons (Fsp3) is 0.0217. The molecule has 0 amide bonds. The van der Waals surface area contributed by atoms with Crippen molar-refractivity contribution in [3.63, 3.8) is 0 Å². The molecule has 0 aliphatic heterocycles. The van der Waals surface area contributed by atoms with Crippen LogP contribution in [0.25, 0.3) is 99.2 Å². The molecule has 0 fully saturated rings. The minimum absolute atomic E-state index is 0.847. The van der Waals surface area contributed by atoms with Gasteiger partial charge >= 0.3 is 0 Å². The normalized spacial score (nSPS) is 12.3. The molecular weight excluding hydrogens is 611 g/mol. The number of hydrogen-bond acceptors (Lipinski definition) is 4. The summed E-state index contributed by atoms with van der Waals surface area (Å²) < 4.78 is 6.58. The van der Waals surface area contributed by atoms with Gasteiger partial charge < -0.3 is 4.42 Å². The summed E-state index contributed by atoms with van der Waals surface area (Å²) in [5.41, 5.74) is 12.9. The zero-order valence-electron chi connectivity index (χ0n) is 26.9. The molecule has 0 unspecified atom stereocenters. The van der Waals surface area contributed by atoms with Crippen molar-refractivity contribution in [1.82, 2.24) is 15.0 Å². The van der Waals surface area contributed by atoms with E-state index >= 15 is 0 Å². The molecule has 3 aromatic heterocycles. The molecule has 11 rings (SSSR count). The molecule has 0 radical (unpaired) electrons. The molecule has 4 heteroatoms. The van der Waals surface area contributed by atoms with Crippen LogP contribution in [0.3, 0.4) is 0 Å². The van der Waals surface area contributed by atoms with Gasteiger partial charge in [0, 0.05) is 33.7 Å². The Morgan fingerprint density at radius 1 is 0.380 bits per heavy atom. The molecule has 0 saturated heterocycles. The number of pyridine rings is 1. The Morgan fingerprint density at radius 3 is 1.60 bits per heavy atom. The third-order valence-electron chi connectivity index (χ3n) is 10.4. The van der Waals surface area contributed by atoms with Gasteiger partial charge in [0.1, 0.15) is 17.5 Å². The lowest BCUT2D eigenvalue weighted by atomic mass is 9.93. The fourth-order valence-electron chi connectivity index (χ4n) is 8.03. The Balaban J connectivity index is 0.999. The summed E-state index contributed by atoms with van der Waals surface area (Å²) in [5, 5.41) is 9.68. The first-order chi connectivity index (χ1) is 24.7. The third-order valence-corrected chi connectivity index (χ3v) is 10.4. The van der Waals surface area contributed by atoms with Crippen molar-refractivity contribution in [2.45, 2.75) is 6.42 Å². The van der Waals surface area contributed by atoms with E-state index in [2.05, 4.69) is 132 Å². The Morgan fingerprint density at radius 2 is 0.940 bits per heavy atom. The van der Waals surface area contributed by atoms with E-state index < -0.39 is 0 Å². The minimum Gasteiger partial charge on any atom is -0.456 e. The maximum atomic E-state index is 6.58. The molecule has 0 bridgehead atoms. The lowest BCUT2D eigenvalue weighted by Crippen LogP contribution is -1.90. The van der Waals surface area contributed by atoms with E-state index in [-0.39, 0.29) is 0 Å². The number of benzene rings is 7. The van der Waals surface area contributed by atoms with Crippen LogP contribution in [0.15, 0.2) is 156 Å². The van der Waals surface area contributed by atoms with E-state index in [4.69, 9.17) is 14.4 Å². The number of furan rings is 1. The molecule has 232 valence electrons. The third kappa shape index (κ3) is 4.09. The molecular formula is C46H27N3O. The van der Waals surface area contributed by atoms with Gasteiger partial charge in [0.05, 0.1) is 17.1 Å². The van der Waals surface area contributed by atoms with Gasteiger partial charge in [-0.15, -0.1) is 0 Å². The van der Waals surface area contributed by atoms with Crippen molar-refractivity contribution in [3.05, 3.63) is 163 Å². The van der Waals surface area contributed by atoms with Crippen molar-refractivity contribution in [3.8, 4) is 44.9 Å². The van der Waals surface area contributed by atoms with E-state index in [0.717, 1.165) is 62.1 Å². The van der Waals surface area contributed by atoms with E-state index in [0.29, 0.717) is 0 Å². The van der Waals surface area contributed by atoms with E-state index in [9.17, 15) is 0 Å². The molecule has 1 aliphatic carbocycles. The van der Waals surface area contributed by atoms with Crippen LogP contribution in [-0.2, 0) is 6.42 Å². The van der Waals surface area contributed by atoms with Crippen molar-refractivity contribution >= 4 is 54.3 Å². The predicted octanol–water partition coefficient (Wildman–Crippen LogP) is 11.8. The second-order valence-electron chi connectivity index (χ2n) is 13.2. The highest BCUT2D eigenvalue weighted by Crippen LogP contribution is 2.42. The van der Waals surface area contributed by atoms with Crippen molar-refractivity contribution in [2.75, 3.05) is 0 Å². The molecule has 4 nitrogen and oxygen atoms in total. The summed E-state index contributed by atoms with van der Waals surface area (Å²) in [5.74, 6) is 0. The lowest BCUT2D eigenvalue weighted by molar-refractivity contribution is 0.669. The van der Waals surface area contributed by atoms with Gasteiger partial charge in [-0.1, -0.05) is 84.9 Å². The molecule has 1 aliphatic rings. The SMILES string of the molecule is c1ccc(-c2ccc3c(c2)-c2cc(-c4cc(-c5ccc6c(c5)oc5cc7c8ccccc8c8ccccc8c7cc56)ncn4)ccc2C3)nc1. The van der Waals surface area contributed by atoms with Crippen LogP contribution in [0.2, 0.25) is 0 Å². The van der Waals surface area contributed by atoms with E-state index in [1.54, 1.807) is 6.33 Å². The van der Waals surface area contributed by atoms with Crippen LogP contribution in [0.1, 0.15) is 11.1 Å². The number of fused-ring (bicyclic) bond motifs is 12. The Hall–Kier alpha value is -6.65. The van der Waals surface area contributed by atoms with Gasteiger partial charge in [-0.2, -0.15) is 0 Å². The molecule has 50 heavy (non-hydrogen) atoms. The smallest absolute Gasteiger partial charge is 0.136 e. The molecule has 0 saturated carbocycles. The number of rotatable bonds is 3. The second-order valence-corrected chi connectivity index (χ2v) is 13.2. The van der Waals surface area contributed by atoms with E-state index in [1.165, 1.54) is 54.6 Å². The molecule has 0 spiro atoms. The van der Waals surface area contributed by atoms with Crippen LogP contribution < -0.4 is 0 Å². The highest BCUT2D eigenvalue weighted by Gasteiger charge is 2.21. The molecule has 3 heterocycles. The van der Waals surface area contributed by atoms with Crippen LogP contribution in [0.5, 0.6) is 0 Å². The number of aromatic nitrogens is 3. The predicted molar refractivity (Wildman–Crippen MR) is 204 cm³/mol. The second kappa shape index (κ2) is 10.4. The Kier molecular flexibility index (Phi) is 5.69. The summed E-state index contributed by atoms with van der Waals surface area (Å²) >= 11 is 0. The Labute approximate surface area is 287 Å². The first-order valence-electron chi connectivity index (χ1n) is 17.0. The topological polar surface area (TPSA) is 51.8 Å². The average Bonchev–Trinajstić information content (AvgIpc) is 3.74. The first-order valence-corrected chi connectivity index (χ1v) is 17.0. The summed E-state index contributed by atoms with van der Waals surface area (Å²) in [6.07, 6.45) is 4.44. The summed E-state index contributed by atoms with van der Waals surface area (Å²) in [4.78, 5) is 14.0. The molecule has 0 atom stereocenters.